The number of aromatic nitrogens is 5. The smallest absolute Gasteiger partial charge is 0.370 e. The van der Waals surface area contributed by atoms with Gasteiger partial charge in [-0.05, 0) is 25.5 Å². The SMILES string of the molecule is Cc1ncc(-c2nncs2)nc1N1CCC2(CN(c3ccnc(C(F)(F)F)c3)C2)C1. The summed E-state index contributed by atoms with van der Waals surface area (Å²) in [5.41, 5.74) is 2.97. The Kier molecular flexibility index (Phi) is 4.38. The average molecular weight is 433 g/mol. The standard InChI is InChI=1S/C19H18F3N7S/c1-12-16(26-14(7-24-12)17-27-25-11-30-17)28-5-3-18(8-28)9-29(10-18)13-2-4-23-15(6-13)19(20,21)22/h2,4,6-7,11H,3,5,8-10H2,1H3. The van der Waals surface area contributed by atoms with Gasteiger partial charge in [-0.15, -0.1) is 10.2 Å². The minimum absolute atomic E-state index is 0.0501. The third-order valence-electron chi connectivity index (χ3n) is 5.70. The first-order valence-corrected chi connectivity index (χ1v) is 10.3. The predicted octanol–water partition coefficient (Wildman–Crippen LogP) is 3.43. The van der Waals surface area contributed by atoms with E-state index in [-0.39, 0.29) is 5.41 Å². The van der Waals surface area contributed by atoms with Gasteiger partial charge in [0.05, 0.1) is 11.9 Å². The fraction of sp³-hybridized carbons (Fsp3) is 0.421. The number of hydrogen-bond acceptors (Lipinski definition) is 8. The Labute approximate surface area is 174 Å². The second-order valence-electron chi connectivity index (χ2n) is 7.83. The highest BCUT2D eigenvalue weighted by molar-refractivity contribution is 7.12. The second kappa shape index (κ2) is 6.86. The van der Waals surface area contributed by atoms with E-state index in [4.69, 9.17) is 4.98 Å². The number of halogens is 3. The summed E-state index contributed by atoms with van der Waals surface area (Å²) in [6, 6.07) is 2.76. The van der Waals surface area contributed by atoms with E-state index in [9.17, 15) is 13.2 Å². The van der Waals surface area contributed by atoms with Crippen LogP contribution in [-0.4, -0.2) is 51.3 Å². The summed E-state index contributed by atoms with van der Waals surface area (Å²) in [5.74, 6) is 0.835. The molecule has 0 aliphatic carbocycles. The highest BCUT2D eigenvalue weighted by Gasteiger charge is 2.48. The number of anilines is 2. The molecule has 30 heavy (non-hydrogen) atoms. The lowest BCUT2D eigenvalue weighted by Gasteiger charge is -2.49. The van der Waals surface area contributed by atoms with Crippen LogP contribution in [0.15, 0.2) is 30.0 Å². The monoisotopic (exact) mass is 433 g/mol. The van der Waals surface area contributed by atoms with Crippen molar-refractivity contribution in [1.29, 1.82) is 0 Å². The molecular formula is C19H18F3N7S. The quantitative estimate of drug-likeness (QED) is 0.627. The number of alkyl halides is 3. The molecule has 5 heterocycles. The second-order valence-corrected chi connectivity index (χ2v) is 8.67. The van der Waals surface area contributed by atoms with Crippen molar-refractivity contribution in [3.8, 4) is 10.7 Å². The van der Waals surface area contributed by atoms with Gasteiger partial charge in [0.2, 0.25) is 0 Å². The topological polar surface area (TPSA) is 70.9 Å². The minimum atomic E-state index is -4.43. The molecule has 0 bridgehead atoms. The van der Waals surface area contributed by atoms with Crippen molar-refractivity contribution >= 4 is 22.8 Å². The van der Waals surface area contributed by atoms with E-state index in [2.05, 4.69) is 25.1 Å². The van der Waals surface area contributed by atoms with Crippen molar-refractivity contribution < 1.29 is 13.2 Å². The lowest BCUT2D eigenvalue weighted by molar-refractivity contribution is -0.141. The van der Waals surface area contributed by atoms with Crippen LogP contribution in [0.2, 0.25) is 0 Å². The molecule has 0 radical (unpaired) electrons. The Morgan fingerprint density at radius 1 is 1.13 bits per heavy atom. The van der Waals surface area contributed by atoms with Crippen molar-refractivity contribution in [2.75, 3.05) is 36.0 Å². The summed E-state index contributed by atoms with van der Waals surface area (Å²) in [7, 11) is 0. The molecule has 5 rings (SSSR count). The molecule has 156 valence electrons. The van der Waals surface area contributed by atoms with Crippen LogP contribution in [0, 0.1) is 12.3 Å². The van der Waals surface area contributed by atoms with E-state index in [0.29, 0.717) is 24.5 Å². The molecule has 3 aromatic rings. The zero-order valence-corrected chi connectivity index (χ0v) is 16.9. The molecule has 0 unspecified atom stereocenters. The summed E-state index contributed by atoms with van der Waals surface area (Å²) < 4.78 is 38.9. The van der Waals surface area contributed by atoms with Crippen LogP contribution < -0.4 is 9.80 Å². The van der Waals surface area contributed by atoms with Gasteiger partial charge in [0.1, 0.15) is 16.9 Å². The summed E-state index contributed by atoms with van der Waals surface area (Å²) in [6.45, 7) is 5.00. The van der Waals surface area contributed by atoms with E-state index in [0.717, 1.165) is 42.1 Å². The first kappa shape index (κ1) is 19.2. The maximum atomic E-state index is 13.0. The fourth-order valence-electron chi connectivity index (χ4n) is 4.22. The minimum Gasteiger partial charge on any atom is -0.370 e. The molecule has 0 atom stereocenters. The van der Waals surface area contributed by atoms with Gasteiger partial charge in [-0.3, -0.25) is 9.97 Å². The van der Waals surface area contributed by atoms with Crippen LogP contribution >= 0.6 is 11.3 Å². The molecule has 0 amide bonds. The molecule has 0 N–H and O–H groups in total. The van der Waals surface area contributed by atoms with Crippen LogP contribution in [-0.2, 0) is 6.18 Å². The van der Waals surface area contributed by atoms with E-state index in [1.807, 2.05) is 11.8 Å². The zero-order valence-electron chi connectivity index (χ0n) is 16.1. The van der Waals surface area contributed by atoms with Crippen LogP contribution in [0.25, 0.3) is 10.7 Å². The van der Waals surface area contributed by atoms with Gasteiger partial charge in [-0.25, -0.2) is 4.98 Å². The molecule has 0 saturated carbocycles. The van der Waals surface area contributed by atoms with E-state index < -0.39 is 11.9 Å². The Morgan fingerprint density at radius 2 is 1.93 bits per heavy atom. The fourth-order valence-corrected chi connectivity index (χ4v) is 4.73. The predicted molar refractivity (Wildman–Crippen MR) is 106 cm³/mol. The van der Waals surface area contributed by atoms with Crippen molar-refractivity contribution in [3.63, 3.8) is 0 Å². The number of rotatable bonds is 3. The molecule has 1 spiro atoms. The maximum Gasteiger partial charge on any atom is 0.433 e. The molecule has 7 nitrogen and oxygen atoms in total. The lowest BCUT2D eigenvalue weighted by atomic mass is 9.79. The number of hydrogen-bond donors (Lipinski definition) is 0. The van der Waals surface area contributed by atoms with Gasteiger partial charge in [0, 0.05) is 43.5 Å². The summed E-state index contributed by atoms with van der Waals surface area (Å²) in [5, 5.41) is 8.65. The highest BCUT2D eigenvalue weighted by Crippen LogP contribution is 2.44. The van der Waals surface area contributed by atoms with Crippen LogP contribution in [0.1, 0.15) is 17.8 Å². The number of aryl methyl sites for hydroxylation is 1. The van der Waals surface area contributed by atoms with Gasteiger partial charge in [0.15, 0.2) is 10.8 Å². The summed E-state index contributed by atoms with van der Waals surface area (Å²) >= 11 is 1.41. The van der Waals surface area contributed by atoms with Crippen LogP contribution in [0.3, 0.4) is 0 Å². The van der Waals surface area contributed by atoms with Crippen LogP contribution in [0.4, 0.5) is 24.7 Å². The molecule has 2 aliphatic heterocycles. The van der Waals surface area contributed by atoms with E-state index >= 15 is 0 Å². The van der Waals surface area contributed by atoms with Crippen molar-refractivity contribution in [2.45, 2.75) is 19.5 Å². The van der Waals surface area contributed by atoms with Gasteiger partial charge < -0.3 is 9.80 Å². The first-order valence-electron chi connectivity index (χ1n) is 9.46. The van der Waals surface area contributed by atoms with Crippen molar-refractivity contribution in [3.05, 3.63) is 41.4 Å². The summed E-state index contributed by atoms with van der Waals surface area (Å²) in [4.78, 5) is 16.9. The van der Waals surface area contributed by atoms with Crippen LogP contribution in [0.5, 0.6) is 0 Å². The van der Waals surface area contributed by atoms with Gasteiger partial charge in [-0.2, -0.15) is 13.2 Å². The molecule has 2 aliphatic rings. The third-order valence-corrected chi connectivity index (χ3v) is 6.41. The van der Waals surface area contributed by atoms with Crippen molar-refractivity contribution in [1.82, 2.24) is 25.1 Å². The normalized spacial score (nSPS) is 18.1. The Hall–Kier alpha value is -2.82. The van der Waals surface area contributed by atoms with Gasteiger partial charge >= 0.3 is 6.18 Å². The molecule has 2 saturated heterocycles. The molecule has 2 fully saturated rings. The third kappa shape index (κ3) is 3.36. The first-order chi connectivity index (χ1) is 14.3. The molecule has 0 aromatic carbocycles. The summed E-state index contributed by atoms with van der Waals surface area (Å²) in [6.07, 6.45) is -0.540. The maximum absolute atomic E-state index is 13.0. The van der Waals surface area contributed by atoms with Gasteiger partial charge in [0.25, 0.3) is 0 Å². The molecular weight excluding hydrogens is 415 g/mol. The number of pyridine rings is 1. The Morgan fingerprint density at radius 3 is 2.67 bits per heavy atom. The average Bonchev–Trinajstić information content (AvgIpc) is 3.37. The highest BCUT2D eigenvalue weighted by atomic mass is 32.1. The molecule has 11 heteroatoms. The zero-order chi connectivity index (χ0) is 20.9. The number of nitrogens with zero attached hydrogens (tertiary/aromatic N) is 7. The Bertz CT molecular complexity index is 1060. The molecule has 3 aromatic heterocycles. The van der Waals surface area contributed by atoms with Crippen molar-refractivity contribution in [2.24, 2.45) is 5.41 Å². The van der Waals surface area contributed by atoms with Gasteiger partial charge in [-0.1, -0.05) is 11.3 Å². The van der Waals surface area contributed by atoms with E-state index in [1.165, 1.54) is 17.5 Å². The largest absolute Gasteiger partial charge is 0.433 e. The Balaban J connectivity index is 1.30. The van der Waals surface area contributed by atoms with E-state index in [1.54, 1.807) is 17.8 Å². The lowest BCUT2D eigenvalue weighted by Crippen LogP contribution is -2.57.